The highest BCUT2D eigenvalue weighted by Crippen LogP contribution is 2.36. The Kier molecular flexibility index (Phi) is 9.11. The minimum Gasteiger partial charge on any atom is -0.342 e. The van der Waals surface area contributed by atoms with Crippen LogP contribution in [-0.2, 0) is 22.7 Å². The minimum atomic E-state index is -1.15. The van der Waals surface area contributed by atoms with Crippen LogP contribution < -0.4 is 26.6 Å². The molecule has 0 bridgehead atoms. The van der Waals surface area contributed by atoms with Gasteiger partial charge in [-0.25, -0.2) is 9.18 Å². The van der Waals surface area contributed by atoms with Crippen LogP contribution in [0, 0.1) is 5.82 Å². The molecule has 1 aliphatic heterocycles. The number of hydrogen-bond acceptors (Lipinski definition) is 5. The van der Waals surface area contributed by atoms with Crippen molar-refractivity contribution in [1.29, 1.82) is 0 Å². The molecule has 210 valence electrons. The zero-order valence-electron chi connectivity index (χ0n) is 22.8. The van der Waals surface area contributed by atoms with Gasteiger partial charge in [0, 0.05) is 23.7 Å². The maximum Gasteiger partial charge on any atom is 0.315 e. The summed E-state index contributed by atoms with van der Waals surface area (Å²) in [4.78, 5) is 40.4. The molecule has 0 radical (unpaired) electrons. The van der Waals surface area contributed by atoms with Gasteiger partial charge in [-0.1, -0.05) is 48.5 Å². The van der Waals surface area contributed by atoms with Gasteiger partial charge in [0.1, 0.15) is 11.9 Å². The molecule has 40 heavy (non-hydrogen) atoms. The van der Waals surface area contributed by atoms with Crippen molar-refractivity contribution < 1.29 is 18.8 Å². The summed E-state index contributed by atoms with van der Waals surface area (Å²) in [5, 5.41) is 8.37. The maximum absolute atomic E-state index is 14.1. The van der Waals surface area contributed by atoms with E-state index in [1.165, 1.54) is 23.9 Å². The maximum atomic E-state index is 14.1. The average molecular weight is 564 g/mol. The first kappa shape index (κ1) is 29.1. The Morgan fingerprint density at radius 1 is 1.07 bits per heavy atom. The zero-order valence-corrected chi connectivity index (χ0v) is 23.6. The third-order valence-corrected chi connectivity index (χ3v) is 7.61. The number of nitrogens with zero attached hydrogens (tertiary/aromatic N) is 1. The van der Waals surface area contributed by atoms with E-state index in [1.807, 2.05) is 55.5 Å². The van der Waals surface area contributed by atoms with Gasteiger partial charge in [-0.15, -0.1) is 11.8 Å². The van der Waals surface area contributed by atoms with Crippen molar-refractivity contribution in [3.05, 3.63) is 83.7 Å². The molecule has 0 saturated carbocycles. The summed E-state index contributed by atoms with van der Waals surface area (Å²) < 4.78 is 14.1. The number of anilines is 1. The Balaban J connectivity index is 1.58. The molecule has 0 fully saturated rings. The van der Waals surface area contributed by atoms with Crippen molar-refractivity contribution in [2.45, 2.75) is 50.3 Å². The van der Waals surface area contributed by atoms with Crippen molar-refractivity contribution in [1.82, 2.24) is 16.0 Å². The number of rotatable bonds is 8. The van der Waals surface area contributed by atoms with Crippen LogP contribution in [0.1, 0.15) is 31.9 Å². The molecule has 0 aromatic heterocycles. The second-order valence-corrected chi connectivity index (χ2v) is 11.2. The molecule has 3 aromatic carbocycles. The Hall–Kier alpha value is -3.89. The Bertz CT molecular complexity index is 1390. The van der Waals surface area contributed by atoms with E-state index in [0.717, 1.165) is 22.3 Å². The molecule has 5 N–H and O–H groups in total. The van der Waals surface area contributed by atoms with Crippen molar-refractivity contribution in [3.63, 3.8) is 0 Å². The summed E-state index contributed by atoms with van der Waals surface area (Å²) >= 11 is 1.32. The van der Waals surface area contributed by atoms with E-state index < -0.39 is 23.3 Å². The highest BCUT2D eigenvalue weighted by atomic mass is 32.2. The fourth-order valence-electron chi connectivity index (χ4n) is 4.32. The van der Waals surface area contributed by atoms with Crippen LogP contribution >= 0.6 is 11.8 Å². The van der Waals surface area contributed by atoms with Crippen LogP contribution in [0.5, 0.6) is 0 Å². The first-order chi connectivity index (χ1) is 19.1. The quantitative estimate of drug-likeness (QED) is 0.328. The highest BCUT2D eigenvalue weighted by molar-refractivity contribution is 7.99. The predicted octanol–water partition coefficient (Wildman–Crippen LogP) is 4.17. The molecule has 3 aromatic rings. The smallest absolute Gasteiger partial charge is 0.315 e. The summed E-state index contributed by atoms with van der Waals surface area (Å²) in [6.45, 7) is 6.18. The van der Waals surface area contributed by atoms with Crippen LogP contribution in [0.4, 0.5) is 14.9 Å². The fourth-order valence-corrected chi connectivity index (χ4v) is 5.41. The third kappa shape index (κ3) is 7.00. The van der Waals surface area contributed by atoms with Crippen LogP contribution in [-0.4, -0.2) is 41.7 Å². The van der Waals surface area contributed by atoms with Gasteiger partial charge in [0.2, 0.25) is 5.91 Å². The minimum absolute atomic E-state index is 0.224. The van der Waals surface area contributed by atoms with Gasteiger partial charge in [-0.3, -0.25) is 9.59 Å². The van der Waals surface area contributed by atoms with Gasteiger partial charge >= 0.3 is 6.03 Å². The fraction of sp³-hybridized carbons (Fsp3) is 0.300. The molecule has 0 aliphatic carbocycles. The third-order valence-electron chi connectivity index (χ3n) is 6.47. The number of urea groups is 1. The van der Waals surface area contributed by atoms with Crippen molar-refractivity contribution in [2.75, 3.05) is 17.2 Å². The van der Waals surface area contributed by atoms with Crippen LogP contribution in [0.3, 0.4) is 0 Å². The second-order valence-electron chi connectivity index (χ2n) is 10.2. The molecular weight excluding hydrogens is 529 g/mol. The lowest BCUT2D eigenvalue weighted by Crippen LogP contribution is -2.56. The number of benzene rings is 3. The summed E-state index contributed by atoms with van der Waals surface area (Å²) in [6, 6.07) is 18.9. The molecule has 4 amide bonds. The Morgan fingerprint density at radius 2 is 1.80 bits per heavy atom. The van der Waals surface area contributed by atoms with Gasteiger partial charge < -0.3 is 26.6 Å². The largest absolute Gasteiger partial charge is 0.342 e. The lowest BCUT2D eigenvalue weighted by molar-refractivity contribution is -0.129. The number of amides is 4. The summed E-state index contributed by atoms with van der Waals surface area (Å²) in [5.41, 5.74) is 9.17. The van der Waals surface area contributed by atoms with Gasteiger partial charge in [-0.05, 0) is 61.2 Å². The van der Waals surface area contributed by atoms with E-state index in [9.17, 15) is 18.8 Å². The number of hydrogen-bond donors (Lipinski definition) is 4. The van der Waals surface area contributed by atoms with Crippen molar-refractivity contribution in [2.24, 2.45) is 5.73 Å². The van der Waals surface area contributed by atoms with E-state index in [-0.39, 0.29) is 24.2 Å². The first-order valence-corrected chi connectivity index (χ1v) is 14.1. The number of nitrogens with two attached hydrogens (primary N) is 1. The number of carbonyl (C=O) groups is 3. The van der Waals surface area contributed by atoms with Gasteiger partial charge in [0.15, 0.2) is 0 Å². The van der Waals surface area contributed by atoms with Crippen LogP contribution in [0.15, 0.2) is 71.6 Å². The first-order valence-electron chi connectivity index (χ1n) is 13.1. The van der Waals surface area contributed by atoms with E-state index >= 15 is 0 Å². The Morgan fingerprint density at radius 3 is 2.50 bits per heavy atom. The monoisotopic (exact) mass is 563 g/mol. The summed E-state index contributed by atoms with van der Waals surface area (Å²) in [6.07, 6.45) is 0. The van der Waals surface area contributed by atoms with Crippen LogP contribution in [0.25, 0.3) is 11.1 Å². The summed E-state index contributed by atoms with van der Waals surface area (Å²) in [7, 11) is 0. The molecule has 10 heteroatoms. The molecule has 0 saturated heterocycles. The molecule has 0 spiro atoms. The lowest BCUT2D eigenvalue weighted by Gasteiger charge is -2.28. The van der Waals surface area contributed by atoms with E-state index in [0.29, 0.717) is 23.7 Å². The number of halogens is 1. The number of nitrogens with one attached hydrogen (secondary N) is 3. The second kappa shape index (κ2) is 12.5. The normalized spacial score (nSPS) is 15.2. The number of fused-ring (bicyclic) bond motifs is 1. The number of carbonyl (C=O) groups excluding carboxylic acids is 3. The zero-order chi connectivity index (χ0) is 28.9. The standard InChI is InChI=1S/C30H34FN5O3S/c1-4-33-29(39)34-16-21-7-5-6-8-23(21)20-11-9-19(10-12-20)17-36-25-14-13-22(31)15-26(25)40-18-24(27(36)37)35-28(38)30(2,3)32/h5-15,24H,4,16-18,32H2,1-3H3,(H,35,38)(H2,33,34,39)/t24-/m1/s1. The van der Waals surface area contributed by atoms with Gasteiger partial charge in [-0.2, -0.15) is 0 Å². The molecular formula is C30H34FN5O3S. The average Bonchev–Trinajstić information content (AvgIpc) is 3.04. The highest BCUT2D eigenvalue weighted by Gasteiger charge is 2.34. The van der Waals surface area contributed by atoms with E-state index in [1.54, 1.807) is 24.8 Å². The lowest BCUT2D eigenvalue weighted by atomic mass is 9.98. The van der Waals surface area contributed by atoms with E-state index in [2.05, 4.69) is 16.0 Å². The summed E-state index contributed by atoms with van der Waals surface area (Å²) in [5.74, 6) is -0.864. The molecule has 8 nitrogen and oxygen atoms in total. The van der Waals surface area contributed by atoms with Crippen LogP contribution in [0.2, 0.25) is 0 Å². The molecule has 4 rings (SSSR count). The van der Waals surface area contributed by atoms with Gasteiger partial charge in [0.25, 0.3) is 5.91 Å². The Labute approximate surface area is 237 Å². The number of thioether (sulfide) groups is 1. The van der Waals surface area contributed by atoms with E-state index in [4.69, 9.17) is 5.73 Å². The van der Waals surface area contributed by atoms with Gasteiger partial charge in [0.05, 0.1) is 17.8 Å². The molecule has 1 heterocycles. The molecule has 0 unspecified atom stereocenters. The molecule has 1 atom stereocenters. The SMILES string of the molecule is CCNC(=O)NCc1ccccc1-c1ccc(CN2C(=O)[C@H](NC(=O)C(C)(C)N)CSc3cc(F)ccc32)cc1. The van der Waals surface area contributed by atoms with Crippen molar-refractivity contribution >= 4 is 35.3 Å². The van der Waals surface area contributed by atoms with Crippen molar-refractivity contribution in [3.8, 4) is 11.1 Å². The topological polar surface area (TPSA) is 117 Å². The molecule has 1 aliphatic rings. The predicted molar refractivity (Wildman–Crippen MR) is 156 cm³/mol.